The second-order valence-electron chi connectivity index (χ2n) is 8.18. The van der Waals surface area contributed by atoms with Crippen molar-refractivity contribution in [3.8, 4) is 16.9 Å². The maximum absolute atomic E-state index is 13.1. The summed E-state index contributed by atoms with van der Waals surface area (Å²) in [7, 11) is 0. The number of aryl methyl sites for hydroxylation is 2. The SMILES string of the molecule is Cc1sc2ncn(CC(=O)NNC(=O)c3cn(-c4ccccc4)nc3-c3ccccc3)c(=O)c2c1C. The molecule has 10 heteroatoms. The van der Waals surface area contributed by atoms with Crippen molar-refractivity contribution in [2.45, 2.75) is 20.4 Å². The van der Waals surface area contributed by atoms with Crippen LogP contribution in [0, 0.1) is 13.8 Å². The monoisotopic (exact) mass is 498 g/mol. The quantitative estimate of drug-likeness (QED) is 0.361. The van der Waals surface area contributed by atoms with Gasteiger partial charge >= 0.3 is 0 Å². The molecule has 0 aliphatic heterocycles. The molecule has 9 nitrogen and oxygen atoms in total. The second kappa shape index (κ2) is 9.59. The first-order valence-corrected chi connectivity index (χ1v) is 12.0. The average molecular weight is 499 g/mol. The molecule has 0 bridgehead atoms. The molecule has 3 heterocycles. The molecule has 2 aromatic carbocycles. The molecule has 0 unspecified atom stereocenters. The van der Waals surface area contributed by atoms with Gasteiger partial charge in [-0.15, -0.1) is 11.3 Å². The van der Waals surface area contributed by atoms with Crippen LogP contribution in [-0.4, -0.2) is 31.1 Å². The van der Waals surface area contributed by atoms with Crippen LogP contribution in [0.4, 0.5) is 0 Å². The molecule has 36 heavy (non-hydrogen) atoms. The zero-order valence-electron chi connectivity index (χ0n) is 19.6. The third kappa shape index (κ3) is 4.41. The van der Waals surface area contributed by atoms with Gasteiger partial charge in [-0.1, -0.05) is 48.5 Å². The van der Waals surface area contributed by atoms with E-state index in [0.29, 0.717) is 15.9 Å². The van der Waals surface area contributed by atoms with Gasteiger partial charge in [0.25, 0.3) is 17.4 Å². The number of amides is 2. The van der Waals surface area contributed by atoms with Crippen molar-refractivity contribution < 1.29 is 9.59 Å². The van der Waals surface area contributed by atoms with E-state index in [-0.39, 0.29) is 17.7 Å². The highest BCUT2D eigenvalue weighted by atomic mass is 32.1. The van der Waals surface area contributed by atoms with Crippen LogP contribution in [0.3, 0.4) is 0 Å². The molecule has 5 rings (SSSR count). The fourth-order valence-electron chi connectivity index (χ4n) is 3.83. The minimum Gasteiger partial charge on any atom is -0.289 e. The van der Waals surface area contributed by atoms with Gasteiger partial charge in [-0.3, -0.25) is 29.8 Å². The predicted octanol–water partition coefficient (Wildman–Crippen LogP) is 3.39. The molecule has 0 radical (unpaired) electrons. The summed E-state index contributed by atoms with van der Waals surface area (Å²) >= 11 is 1.44. The zero-order valence-corrected chi connectivity index (χ0v) is 20.4. The number of carbonyl (C=O) groups is 2. The summed E-state index contributed by atoms with van der Waals surface area (Å²) in [6, 6.07) is 18.7. The number of para-hydroxylation sites is 1. The molecule has 2 amide bonds. The van der Waals surface area contributed by atoms with E-state index in [4.69, 9.17) is 0 Å². The van der Waals surface area contributed by atoms with E-state index in [2.05, 4.69) is 20.9 Å². The Bertz CT molecular complexity index is 1640. The number of thiophene rings is 1. The maximum atomic E-state index is 13.1. The summed E-state index contributed by atoms with van der Waals surface area (Å²) < 4.78 is 2.84. The number of hydrogen-bond acceptors (Lipinski definition) is 6. The number of nitrogens with zero attached hydrogens (tertiary/aromatic N) is 4. The molecule has 5 aromatic rings. The van der Waals surface area contributed by atoms with E-state index < -0.39 is 11.8 Å². The summed E-state index contributed by atoms with van der Waals surface area (Å²) in [5.74, 6) is -1.09. The number of carbonyl (C=O) groups excluding carboxylic acids is 2. The lowest BCUT2D eigenvalue weighted by atomic mass is 10.1. The Balaban J connectivity index is 1.35. The van der Waals surface area contributed by atoms with Crippen LogP contribution in [0.1, 0.15) is 20.8 Å². The molecule has 180 valence electrons. The molecule has 0 fully saturated rings. The fraction of sp³-hybridized carbons (Fsp3) is 0.115. The van der Waals surface area contributed by atoms with Gasteiger partial charge in [-0.05, 0) is 31.5 Å². The van der Waals surface area contributed by atoms with E-state index in [9.17, 15) is 14.4 Å². The summed E-state index contributed by atoms with van der Waals surface area (Å²) in [5.41, 5.74) is 7.71. The number of hydrazine groups is 1. The second-order valence-corrected chi connectivity index (χ2v) is 9.38. The van der Waals surface area contributed by atoms with E-state index >= 15 is 0 Å². The van der Waals surface area contributed by atoms with E-state index in [1.165, 1.54) is 22.2 Å². The van der Waals surface area contributed by atoms with Gasteiger partial charge in [0.05, 0.1) is 23.0 Å². The van der Waals surface area contributed by atoms with Crippen molar-refractivity contribution in [1.82, 2.24) is 30.2 Å². The summed E-state index contributed by atoms with van der Waals surface area (Å²) in [6.07, 6.45) is 2.96. The lowest BCUT2D eigenvalue weighted by molar-refractivity contribution is -0.122. The molecule has 0 saturated carbocycles. The zero-order chi connectivity index (χ0) is 25.2. The van der Waals surface area contributed by atoms with Crippen molar-refractivity contribution in [2.24, 2.45) is 0 Å². The standard InChI is InChI=1S/C26H22N6O3S/c1-16-17(2)36-25-22(16)26(35)31(15-27-25)14-21(33)28-29-24(34)20-13-32(19-11-7-4-8-12-19)30-23(20)18-9-5-3-6-10-18/h3-13,15H,14H2,1-2H3,(H,28,33)(H,29,34). The Morgan fingerprint density at radius 3 is 2.39 bits per heavy atom. The van der Waals surface area contributed by atoms with Gasteiger partial charge in [-0.2, -0.15) is 5.10 Å². The van der Waals surface area contributed by atoms with E-state index in [1.54, 1.807) is 10.9 Å². The van der Waals surface area contributed by atoms with Crippen LogP contribution in [0.25, 0.3) is 27.2 Å². The Hall–Kier alpha value is -4.57. The van der Waals surface area contributed by atoms with Crippen molar-refractivity contribution in [2.75, 3.05) is 0 Å². The number of hydrogen-bond donors (Lipinski definition) is 2. The Labute approximate surface area is 210 Å². The van der Waals surface area contributed by atoms with Crippen LogP contribution in [0.5, 0.6) is 0 Å². The third-order valence-electron chi connectivity index (χ3n) is 5.81. The summed E-state index contributed by atoms with van der Waals surface area (Å²) in [4.78, 5) is 44.4. The smallest absolute Gasteiger partial charge is 0.273 e. The highest BCUT2D eigenvalue weighted by Gasteiger charge is 2.20. The van der Waals surface area contributed by atoms with Crippen LogP contribution in [0.15, 0.2) is 78.0 Å². The fourth-order valence-corrected chi connectivity index (χ4v) is 4.82. The Kier molecular flexibility index (Phi) is 6.17. The molecule has 0 saturated heterocycles. The third-order valence-corrected chi connectivity index (χ3v) is 6.93. The van der Waals surface area contributed by atoms with Crippen molar-refractivity contribution in [1.29, 1.82) is 0 Å². The topological polar surface area (TPSA) is 111 Å². The van der Waals surface area contributed by atoms with Crippen LogP contribution in [0.2, 0.25) is 0 Å². The minimum atomic E-state index is -0.562. The van der Waals surface area contributed by atoms with Gasteiger partial charge in [0.1, 0.15) is 17.1 Å². The number of fused-ring (bicyclic) bond motifs is 1. The van der Waals surface area contributed by atoms with Crippen molar-refractivity contribution >= 4 is 33.4 Å². The Morgan fingerprint density at radius 1 is 0.972 bits per heavy atom. The number of rotatable bonds is 5. The van der Waals surface area contributed by atoms with Crippen LogP contribution >= 0.6 is 11.3 Å². The van der Waals surface area contributed by atoms with Gasteiger partial charge in [-0.25, -0.2) is 9.67 Å². The lowest BCUT2D eigenvalue weighted by Crippen LogP contribution is -2.44. The lowest BCUT2D eigenvalue weighted by Gasteiger charge is -2.09. The molecular formula is C26H22N6O3S. The predicted molar refractivity (Wildman–Crippen MR) is 138 cm³/mol. The molecular weight excluding hydrogens is 476 g/mol. The number of aromatic nitrogens is 4. The highest BCUT2D eigenvalue weighted by molar-refractivity contribution is 7.18. The normalized spacial score (nSPS) is 10.9. The molecule has 3 aromatic heterocycles. The molecule has 0 aliphatic rings. The van der Waals surface area contributed by atoms with Gasteiger partial charge in [0.15, 0.2) is 0 Å². The first-order chi connectivity index (χ1) is 17.4. The molecule has 2 N–H and O–H groups in total. The number of benzene rings is 2. The van der Waals surface area contributed by atoms with E-state index in [1.807, 2.05) is 74.5 Å². The molecule has 0 atom stereocenters. The maximum Gasteiger partial charge on any atom is 0.273 e. The molecule has 0 aliphatic carbocycles. The van der Waals surface area contributed by atoms with E-state index in [0.717, 1.165) is 21.7 Å². The van der Waals surface area contributed by atoms with Gasteiger partial charge < -0.3 is 0 Å². The first kappa shape index (κ1) is 23.2. The number of nitrogens with one attached hydrogen (secondary N) is 2. The molecule has 0 spiro atoms. The van der Waals surface area contributed by atoms with Gasteiger partial charge in [0.2, 0.25) is 0 Å². The van der Waals surface area contributed by atoms with Crippen LogP contribution < -0.4 is 16.4 Å². The van der Waals surface area contributed by atoms with Crippen molar-refractivity contribution in [3.05, 3.63) is 99.5 Å². The van der Waals surface area contributed by atoms with Crippen molar-refractivity contribution in [3.63, 3.8) is 0 Å². The van der Waals surface area contributed by atoms with Crippen LogP contribution in [-0.2, 0) is 11.3 Å². The highest BCUT2D eigenvalue weighted by Crippen LogP contribution is 2.25. The summed E-state index contributed by atoms with van der Waals surface area (Å²) in [6.45, 7) is 3.50. The largest absolute Gasteiger partial charge is 0.289 e. The minimum absolute atomic E-state index is 0.287. The van der Waals surface area contributed by atoms with Gasteiger partial charge in [0, 0.05) is 16.6 Å². The first-order valence-electron chi connectivity index (χ1n) is 11.2. The summed E-state index contributed by atoms with van der Waals surface area (Å²) in [5, 5.41) is 5.12. The average Bonchev–Trinajstić information content (AvgIpc) is 3.47. The Morgan fingerprint density at radius 2 is 1.67 bits per heavy atom.